The fraction of sp³-hybridized carbons (Fsp3) is 0.125. The lowest BCUT2D eigenvalue weighted by Gasteiger charge is -2.13. The minimum absolute atomic E-state index is 0.469. The van der Waals surface area contributed by atoms with Gasteiger partial charge in [0.05, 0.1) is 6.54 Å². The van der Waals surface area contributed by atoms with Crippen molar-refractivity contribution in [2.75, 3.05) is 6.54 Å². The first kappa shape index (κ1) is 6.13. The van der Waals surface area contributed by atoms with Crippen molar-refractivity contribution in [3.05, 3.63) is 30.1 Å². The van der Waals surface area contributed by atoms with Crippen LogP contribution in [-0.4, -0.2) is 23.2 Å². The number of nitrogens with zero attached hydrogens (tertiary/aromatic N) is 2. The van der Waals surface area contributed by atoms with Gasteiger partial charge >= 0.3 is 0 Å². The fourth-order valence-electron chi connectivity index (χ4n) is 1.09. The zero-order chi connectivity index (χ0) is 7.68. The van der Waals surface area contributed by atoms with Crippen LogP contribution in [0.3, 0.4) is 0 Å². The van der Waals surface area contributed by atoms with Gasteiger partial charge in [0.1, 0.15) is 17.5 Å². The summed E-state index contributed by atoms with van der Waals surface area (Å²) in [5.41, 5.74) is 0.469. The highest BCUT2D eigenvalue weighted by Gasteiger charge is 2.17. The molecule has 2 aliphatic heterocycles. The summed E-state index contributed by atoms with van der Waals surface area (Å²) < 4.78 is 0. The van der Waals surface area contributed by atoms with Gasteiger partial charge in [-0.05, 0) is 12.2 Å². The lowest BCUT2D eigenvalue weighted by Crippen LogP contribution is -2.20. The molecule has 2 aliphatic rings. The first-order valence-corrected chi connectivity index (χ1v) is 3.34. The first-order chi connectivity index (χ1) is 5.40. The van der Waals surface area contributed by atoms with Crippen molar-refractivity contribution >= 4 is 11.8 Å². The number of hydrogen-bond acceptors (Lipinski definition) is 3. The molecule has 0 atom stereocenters. The van der Waals surface area contributed by atoms with Gasteiger partial charge in [0.2, 0.25) is 0 Å². The highest BCUT2D eigenvalue weighted by Crippen LogP contribution is 2.13. The predicted molar refractivity (Wildman–Crippen MR) is 41.6 cm³/mol. The van der Waals surface area contributed by atoms with Gasteiger partial charge < -0.3 is 4.90 Å². The Labute approximate surface area is 64.0 Å². The lowest BCUT2D eigenvalue weighted by atomic mass is 10.3. The molecule has 0 radical (unpaired) electrons. The Balaban J connectivity index is 2.40. The SMILES string of the molecule is O=C=C1CN2C=CC=CC2=N1. The van der Waals surface area contributed by atoms with Crippen LogP contribution in [-0.2, 0) is 4.79 Å². The third-order valence-corrected chi connectivity index (χ3v) is 1.60. The Morgan fingerprint density at radius 2 is 2.45 bits per heavy atom. The second-order valence-corrected chi connectivity index (χ2v) is 2.35. The van der Waals surface area contributed by atoms with Crippen molar-refractivity contribution in [2.24, 2.45) is 4.99 Å². The molecule has 2 heterocycles. The molecule has 0 unspecified atom stereocenters. The minimum atomic E-state index is 0.469. The Morgan fingerprint density at radius 1 is 1.55 bits per heavy atom. The van der Waals surface area contributed by atoms with Crippen molar-refractivity contribution in [3.8, 4) is 0 Å². The quantitative estimate of drug-likeness (QED) is 0.466. The van der Waals surface area contributed by atoms with Gasteiger partial charge in [-0.3, -0.25) is 0 Å². The standard InChI is InChI=1S/C8H6N2O/c11-6-7-5-10-4-2-1-3-8(10)9-7/h1-4H,5H2. The summed E-state index contributed by atoms with van der Waals surface area (Å²) in [7, 11) is 0. The highest BCUT2D eigenvalue weighted by molar-refractivity contribution is 5.98. The number of aliphatic imine (C=N–C) groups is 1. The van der Waals surface area contributed by atoms with Gasteiger partial charge in [0.15, 0.2) is 0 Å². The summed E-state index contributed by atoms with van der Waals surface area (Å²) in [4.78, 5) is 16.1. The van der Waals surface area contributed by atoms with E-state index in [0.717, 1.165) is 5.84 Å². The molecule has 0 saturated heterocycles. The Kier molecular flexibility index (Phi) is 1.24. The van der Waals surface area contributed by atoms with E-state index in [4.69, 9.17) is 0 Å². The molecule has 0 fully saturated rings. The van der Waals surface area contributed by atoms with Crippen LogP contribution in [0.25, 0.3) is 0 Å². The van der Waals surface area contributed by atoms with E-state index in [1.165, 1.54) is 0 Å². The van der Waals surface area contributed by atoms with E-state index in [2.05, 4.69) is 4.99 Å². The van der Waals surface area contributed by atoms with Gasteiger partial charge in [-0.1, -0.05) is 6.08 Å². The third kappa shape index (κ3) is 0.914. The Hall–Kier alpha value is -1.60. The van der Waals surface area contributed by atoms with E-state index in [1.807, 2.05) is 29.3 Å². The Morgan fingerprint density at radius 3 is 3.18 bits per heavy atom. The van der Waals surface area contributed by atoms with Gasteiger partial charge in [0.25, 0.3) is 0 Å². The molecular formula is C8H6N2O. The van der Waals surface area contributed by atoms with Gasteiger partial charge in [-0.2, -0.15) is 0 Å². The minimum Gasteiger partial charge on any atom is -0.326 e. The van der Waals surface area contributed by atoms with Crippen LogP contribution in [0.5, 0.6) is 0 Å². The molecule has 0 bridgehead atoms. The fourth-order valence-corrected chi connectivity index (χ4v) is 1.09. The van der Waals surface area contributed by atoms with Gasteiger partial charge in [-0.25, -0.2) is 9.79 Å². The number of rotatable bonds is 0. The molecular weight excluding hydrogens is 140 g/mol. The van der Waals surface area contributed by atoms with Gasteiger partial charge in [0, 0.05) is 6.20 Å². The summed E-state index contributed by atoms with van der Waals surface area (Å²) in [5.74, 6) is 2.61. The summed E-state index contributed by atoms with van der Waals surface area (Å²) in [6.45, 7) is 0.555. The highest BCUT2D eigenvalue weighted by atomic mass is 16.1. The van der Waals surface area contributed by atoms with Crippen molar-refractivity contribution < 1.29 is 4.79 Å². The molecule has 11 heavy (non-hydrogen) atoms. The van der Waals surface area contributed by atoms with Crippen molar-refractivity contribution in [2.45, 2.75) is 0 Å². The number of allylic oxidation sites excluding steroid dienone is 2. The molecule has 0 spiro atoms. The van der Waals surface area contributed by atoms with Crippen LogP contribution < -0.4 is 0 Å². The molecule has 54 valence electrons. The second kappa shape index (κ2) is 2.22. The van der Waals surface area contributed by atoms with Crippen molar-refractivity contribution in [1.29, 1.82) is 0 Å². The van der Waals surface area contributed by atoms with Crippen LogP contribution in [0.1, 0.15) is 0 Å². The van der Waals surface area contributed by atoms with Gasteiger partial charge in [-0.15, -0.1) is 0 Å². The molecule has 2 rings (SSSR count). The van der Waals surface area contributed by atoms with E-state index >= 15 is 0 Å². The lowest BCUT2D eigenvalue weighted by molar-refractivity contribution is 0.563. The maximum absolute atomic E-state index is 10.2. The zero-order valence-electron chi connectivity index (χ0n) is 5.82. The molecule has 0 saturated carbocycles. The van der Waals surface area contributed by atoms with E-state index in [0.29, 0.717) is 12.2 Å². The third-order valence-electron chi connectivity index (χ3n) is 1.60. The summed E-state index contributed by atoms with van der Waals surface area (Å²) in [6.07, 6.45) is 7.56. The molecule has 0 N–H and O–H groups in total. The van der Waals surface area contributed by atoms with Crippen LogP contribution in [0, 0.1) is 0 Å². The maximum atomic E-state index is 10.2. The van der Waals surface area contributed by atoms with E-state index in [1.54, 1.807) is 5.94 Å². The Bertz CT molecular complexity index is 319. The normalized spacial score (nSPS) is 19.8. The second-order valence-electron chi connectivity index (χ2n) is 2.35. The summed E-state index contributed by atoms with van der Waals surface area (Å²) in [5, 5.41) is 0. The molecule has 0 amide bonds. The number of carbonyl (C=O) groups excluding carboxylic acids is 1. The first-order valence-electron chi connectivity index (χ1n) is 3.34. The summed E-state index contributed by atoms with van der Waals surface area (Å²) in [6, 6.07) is 0. The molecule has 3 nitrogen and oxygen atoms in total. The largest absolute Gasteiger partial charge is 0.326 e. The summed E-state index contributed by atoms with van der Waals surface area (Å²) >= 11 is 0. The van der Waals surface area contributed by atoms with E-state index < -0.39 is 0 Å². The van der Waals surface area contributed by atoms with Crippen LogP contribution in [0.2, 0.25) is 0 Å². The zero-order valence-corrected chi connectivity index (χ0v) is 5.82. The average Bonchev–Trinajstić information content (AvgIpc) is 2.46. The number of fused-ring (bicyclic) bond motifs is 1. The van der Waals surface area contributed by atoms with E-state index in [-0.39, 0.29) is 0 Å². The molecule has 3 heteroatoms. The van der Waals surface area contributed by atoms with Crippen molar-refractivity contribution in [3.63, 3.8) is 0 Å². The molecule has 0 aromatic carbocycles. The molecule has 0 aliphatic carbocycles. The topological polar surface area (TPSA) is 32.7 Å². The van der Waals surface area contributed by atoms with Crippen LogP contribution in [0.15, 0.2) is 35.1 Å². The smallest absolute Gasteiger partial charge is 0.150 e. The van der Waals surface area contributed by atoms with Crippen LogP contribution in [0.4, 0.5) is 0 Å². The van der Waals surface area contributed by atoms with E-state index in [9.17, 15) is 4.79 Å². The number of hydrogen-bond donors (Lipinski definition) is 0. The molecule has 0 aromatic heterocycles. The monoisotopic (exact) mass is 146 g/mol. The number of amidine groups is 1. The van der Waals surface area contributed by atoms with Crippen LogP contribution >= 0.6 is 0 Å². The predicted octanol–water partition coefficient (Wildman–Crippen LogP) is 0.500. The average molecular weight is 146 g/mol. The van der Waals surface area contributed by atoms with Crippen molar-refractivity contribution in [1.82, 2.24) is 4.90 Å². The molecule has 0 aromatic rings. The maximum Gasteiger partial charge on any atom is 0.150 e.